The summed E-state index contributed by atoms with van der Waals surface area (Å²) < 4.78 is 18.8. The van der Waals surface area contributed by atoms with Gasteiger partial charge in [-0.25, -0.2) is 14.4 Å². The van der Waals surface area contributed by atoms with Crippen LogP contribution in [0.4, 0.5) is 10.2 Å². The van der Waals surface area contributed by atoms with E-state index < -0.39 is 0 Å². The minimum Gasteiger partial charge on any atom is -0.370 e. The summed E-state index contributed by atoms with van der Waals surface area (Å²) in [5, 5.41) is 7.76. The highest BCUT2D eigenvalue weighted by atomic mass is 79.9. The quantitative estimate of drug-likeness (QED) is 0.443. The number of aryl methyl sites for hydroxylation is 1. The Morgan fingerprint density at radius 2 is 2.07 bits per heavy atom. The summed E-state index contributed by atoms with van der Waals surface area (Å²) in [6, 6.07) is 8.48. The summed E-state index contributed by atoms with van der Waals surface area (Å²) in [5.41, 5.74) is 1.69. The highest BCUT2D eigenvalue weighted by molar-refractivity contribution is 9.10. The van der Waals surface area contributed by atoms with Crippen molar-refractivity contribution >= 4 is 27.4 Å². The number of nitrogens with zero attached hydrogens (tertiary/aromatic N) is 5. The summed E-state index contributed by atoms with van der Waals surface area (Å²) in [7, 11) is 0. The zero-order chi connectivity index (χ0) is 18.6. The van der Waals surface area contributed by atoms with E-state index in [2.05, 4.69) is 40.9 Å². The van der Waals surface area contributed by atoms with E-state index >= 15 is 0 Å². The van der Waals surface area contributed by atoms with Gasteiger partial charge >= 0.3 is 0 Å². The van der Waals surface area contributed by atoms with Gasteiger partial charge in [-0.05, 0) is 40.9 Å². The zero-order valence-corrected chi connectivity index (χ0v) is 16.1. The smallest absolute Gasteiger partial charge is 0.172 e. The maximum absolute atomic E-state index is 14.2. The summed E-state index contributed by atoms with van der Waals surface area (Å²) >= 11 is 3.47. The minimum atomic E-state index is -0.295. The van der Waals surface area contributed by atoms with E-state index in [-0.39, 0.29) is 5.82 Å². The minimum absolute atomic E-state index is 0.295. The van der Waals surface area contributed by atoms with Gasteiger partial charge in [0.1, 0.15) is 11.6 Å². The lowest BCUT2D eigenvalue weighted by Gasteiger charge is -2.11. The van der Waals surface area contributed by atoms with Crippen molar-refractivity contribution in [3.05, 3.63) is 65.5 Å². The molecular formula is C19H18BrFN6. The Kier molecular flexibility index (Phi) is 5.15. The molecule has 27 heavy (non-hydrogen) atoms. The third-order valence-electron chi connectivity index (χ3n) is 4.29. The number of rotatable bonds is 7. The number of anilines is 1. The molecule has 4 rings (SSSR count). The lowest BCUT2D eigenvalue weighted by molar-refractivity contribution is 0.620. The lowest BCUT2D eigenvalue weighted by Crippen LogP contribution is -2.09. The van der Waals surface area contributed by atoms with Gasteiger partial charge < -0.3 is 9.88 Å². The van der Waals surface area contributed by atoms with Gasteiger partial charge in [-0.3, -0.25) is 0 Å². The first-order valence-electron chi connectivity index (χ1n) is 8.71. The number of halogens is 2. The molecule has 0 amide bonds. The van der Waals surface area contributed by atoms with Crippen LogP contribution in [0.2, 0.25) is 0 Å². The monoisotopic (exact) mass is 428 g/mol. The van der Waals surface area contributed by atoms with Gasteiger partial charge in [0.05, 0.1) is 22.7 Å². The van der Waals surface area contributed by atoms with Crippen molar-refractivity contribution in [1.29, 1.82) is 0 Å². The Labute approximate surface area is 164 Å². The number of hydrogen-bond donors (Lipinski definition) is 1. The van der Waals surface area contributed by atoms with E-state index in [9.17, 15) is 4.39 Å². The number of benzene rings is 1. The number of hydrogen-bond acceptors (Lipinski definition) is 4. The third-order valence-corrected chi connectivity index (χ3v) is 4.85. The second kappa shape index (κ2) is 7.87. The predicted molar refractivity (Wildman–Crippen MR) is 106 cm³/mol. The van der Waals surface area contributed by atoms with Crippen LogP contribution in [0.25, 0.3) is 16.9 Å². The highest BCUT2D eigenvalue weighted by Crippen LogP contribution is 2.27. The van der Waals surface area contributed by atoms with Crippen LogP contribution in [0.5, 0.6) is 0 Å². The zero-order valence-electron chi connectivity index (χ0n) is 14.5. The van der Waals surface area contributed by atoms with E-state index in [4.69, 9.17) is 0 Å². The first-order chi connectivity index (χ1) is 13.2. The predicted octanol–water partition coefficient (Wildman–Crippen LogP) is 4.39. The number of imidazole rings is 1. The van der Waals surface area contributed by atoms with Crippen LogP contribution in [0.3, 0.4) is 0 Å². The molecule has 0 aliphatic rings. The first kappa shape index (κ1) is 17.7. The molecule has 8 heteroatoms. The molecular weight excluding hydrogens is 411 g/mol. The molecule has 0 aliphatic carbocycles. The molecule has 1 N–H and O–H groups in total. The normalized spacial score (nSPS) is 11.2. The summed E-state index contributed by atoms with van der Waals surface area (Å²) in [6.45, 7) is 1.71. The van der Waals surface area contributed by atoms with Crippen LogP contribution in [0, 0.1) is 5.82 Å². The van der Waals surface area contributed by atoms with E-state index in [1.54, 1.807) is 35.1 Å². The van der Waals surface area contributed by atoms with Gasteiger partial charge in [0, 0.05) is 37.1 Å². The van der Waals surface area contributed by atoms with Crippen molar-refractivity contribution in [2.75, 3.05) is 11.9 Å². The lowest BCUT2D eigenvalue weighted by atomic mass is 10.1. The SMILES string of the molecule is Fc1ccccc1-c1cc(NCCCCn2ccnc2)n2ncc(Br)c2n1. The Hall–Kier alpha value is -2.74. The maximum atomic E-state index is 14.2. The fourth-order valence-corrected chi connectivity index (χ4v) is 3.27. The van der Waals surface area contributed by atoms with Crippen molar-refractivity contribution in [3.63, 3.8) is 0 Å². The molecule has 0 saturated carbocycles. The van der Waals surface area contributed by atoms with Crippen molar-refractivity contribution in [2.24, 2.45) is 0 Å². The molecule has 0 radical (unpaired) electrons. The summed E-state index contributed by atoms with van der Waals surface area (Å²) in [6.07, 6.45) is 9.27. The van der Waals surface area contributed by atoms with Crippen LogP contribution in [0.1, 0.15) is 12.8 Å². The van der Waals surface area contributed by atoms with Gasteiger partial charge in [-0.1, -0.05) is 12.1 Å². The highest BCUT2D eigenvalue weighted by Gasteiger charge is 2.13. The van der Waals surface area contributed by atoms with Crippen molar-refractivity contribution in [2.45, 2.75) is 19.4 Å². The molecule has 0 spiro atoms. The molecule has 138 valence electrons. The van der Waals surface area contributed by atoms with Gasteiger partial charge in [0.25, 0.3) is 0 Å². The molecule has 0 atom stereocenters. The number of nitrogens with one attached hydrogen (secondary N) is 1. The largest absolute Gasteiger partial charge is 0.370 e. The average molecular weight is 429 g/mol. The molecule has 0 aliphatic heterocycles. The molecule has 6 nitrogen and oxygen atoms in total. The number of fused-ring (bicyclic) bond motifs is 1. The Bertz CT molecular complexity index is 1040. The molecule has 0 bridgehead atoms. The van der Waals surface area contributed by atoms with Crippen LogP contribution >= 0.6 is 15.9 Å². The average Bonchev–Trinajstić information content (AvgIpc) is 3.32. The summed E-state index contributed by atoms with van der Waals surface area (Å²) in [5.74, 6) is 0.489. The fourth-order valence-electron chi connectivity index (χ4n) is 2.92. The van der Waals surface area contributed by atoms with Crippen LogP contribution in [-0.4, -0.2) is 30.7 Å². The first-order valence-corrected chi connectivity index (χ1v) is 9.50. The third kappa shape index (κ3) is 3.85. The molecule has 0 saturated heterocycles. The van der Waals surface area contributed by atoms with Gasteiger partial charge in [0.2, 0.25) is 0 Å². The Morgan fingerprint density at radius 3 is 2.89 bits per heavy atom. The van der Waals surface area contributed by atoms with Crippen molar-refractivity contribution in [3.8, 4) is 11.3 Å². The van der Waals surface area contributed by atoms with E-state index in [1.807, 2.05) is 18.6 Å². The van der Waals surface area contributed by atoms with Gasteiger partial charge in [0.15, 0.2) is 5.65 Å². The van der Waals surface area contributed by atoms with Crippen LogP contribution in [0.15, 0.2) is 59.7 Å². The van der Waals surface area contributed by atoms with Gasteiger partial charge in [-0.2, -0.15) is 9.61 Å². The molecule has 0 fully saturated rings. The molecule has 4 aromatic rings. The molecule has 3 aromatic heterocycles. The standard InChI is InChI=1S/C19H18BrFN6/c20-15-12-24-27-18(23-7-3-4-9-26-10-8-22-13-26)11-17(25-19(15)27)14-5-1-2-6-16(14)21/h1-2,5-6,8,10-13,23H,3-4,7,9H2. The van der Waals surface area contributed by atoms with E-state index in [0.717, 1.165) is 36.2 Å². The van der Waals surface area contributed by atoms with Crippen LogP contribution in [-0.2, 0) is 6.54 Å². The van der Waals surface area contributed by atoms with E-state index in [1.165, 1.54) is 6.07 Å². The second-order valence-electron chi connectivity index (χ2n) is 6.17. The number of aromatic nitrogens is 5. The fraction of sp³-hybridized carbons (Fsp3) is 0.211. The Balaban J connectivity index is 1.53. The van der Waals surface area contributed by atoms with Crippen LogP contribution < -0.4 is 5.32 Å². The number of unbranched alkanes of at least 4 members (excludes halogenated alkanes) is 1. The molecule has 3 heterocycles. The van der Waals surface area contributed by atoms with E-state index in [0.29, 0.717) is 16.9 Å². The Morgan fingerprint density at radius 1 is 1.19 bits per heavy atom. The van der Waals surface area contributed by atoms with Gasteiger partial charge in [-0.15, -0.1) is 0 Å². The van der Waals surface area contributed by atoms with Crippen molar-refractivity contribution < 1.29 is 4.39 Å². The molecule has 0 unspecified atom stereocenters. The van der Waals surface area contributed by atoms with Crippen molar-refractivity contribution in [1.82, 2.24) is 24.1 Å². The summed E-state index contributed by atoms with van der Waals surface area (Å²) in [4.78, 5) is 8.61. The second-order valence-corrected chi connectivity index (χ2v) is 7.02. The topological polar surface area (TPSA) is 60.0 Å². The maximum Gasteiger partial charge on any atom is 0.172 e. The molecule has 1 aromatic carbocycles.